The van der Waals surface area contributed by atoms with Crippen molar-refractivity contribution in [1.82, 2.24) is 0 Å². The van der Waals surface area contributed by atoms with Gasteiger partial charge in [0.15, 0.2) is 5.78 Å². The van der Waals surface area contributed by atoms with Gasteiger partial charge in [-0.15, -0.1) is 0 Å². The molecule has 0 unspecified atom stereocenters. The maximum atomic E-state index is 12.3. The maximum Gasteiger partial charge on any atom is 0.270 e. The van der Waals surface area contributed by atoms with Crippen LogP contribution in [0, 0.1) is 10.1 Å². The van der Waals surface area contributed by atoms with E-state index in [0.717, 1.165) is 0 Å². The van der Waals surface area contributed by atoms with Gasteiger partial charge in [0.2, 0.25) is 0 Å². The number of non-ortho nitro benzene ring substituents is 1. The topological polar surface area (TPSA) is 80.4 Å². The molecule has 1 aliphatic rings. The fourth-order valence-corrected chi connectivity index (χ4v) is 2.31. The number of Topliss-reactive ketones (excluding diaryl/α,β-unsaturated/α-hetero) is 1. The van der Waals surface area contributed by atoms with Crippen LogP contribution in [0.1, 0.15) is 21.5 Å². The van der Waals surface area contributed by atoms with E-state index in [9.17, 15) is 20.0 Å². The lowest BCUT2D eigenvalue weighted by Gasteiger charge is -2.02. The Balaban J connectivity index is 2.17. The number of carbonyl (C=O) groups excluding carboxylic acids is 1. The molecular formula is C15H9NO4. The molecule has 5 nitrogen and oxygen atoms in total. The number of hydrogen-bond donors (Lipinski definition) is 1. The first-order chi connectivity index (χ1) is 9.59. The molecule has 5 heteroatoms. The molecule has 3 rings (SSSR count). The summed E-state index contributed by atoms with van der Waals surface area (Å²) in [4.78, 5) is 22.6. The Kier molecular flexibility index (Phi) is 2.61. The lowest BCUT2D eigenvalue weighted by atomic mass is 10.0. The van der Waals surface area contributed by atoms with E-state index in [1.54, 1.807) is 30.3 Å². The smallest absolute Gasteiger partial charge is 0.270 e. The first-order valence-corrected chi connectivity index (χ1v) is 5.92. The minimum atomic E-state index is -0.534. The number of aliphatic hydroxyl groups excluding tert-OH is 1. The predicted molar refractivity (Wildman–Crippen MR) is 73.3 cm³/mol. The Morgan fingerprint density at radius 1 is 1.00 bits per heavy atom. The van der Waals surface area contributed by atoms with Gasteiger partial charge in [-0.3, -0.25) is 14.9 Å². The minimum absolute atomic E-state index is 0.106. The van der Waals surface area contributed by atoms with Crippen LogP contribution in [-0.2, 0) is 0 Å². The summed E-state index contributed by atoms with van der Waals surface area (Å²) in [5, 5.41) is 21.0. The third-order valence-corrected chi connectivity index (χ3v) is 3.24. The van der Waals surface area contributed by atoms with Gasteiger partial charge in [0.25, 0.3) is 5.69 Å². The van der Waals surface area contributed by atoms with Crippen LogP contribution in [0.2, 0.25) is 0 Å². The summed E-state index contributed by atoms with van der Waals surface area (Å²) in [6.07, 6.45) is 0. The Morgan fingerprint density at radius 3 is 2.35 bits per heavy atom. The summed E-state index contributed by atoms with van der Waals surface area (Å²) in [6.45, 7) is 0. The van der Waals surface area contributed by atoms with E-state index in [-0.39, 0.29) is 22.8 Å². The molecule has 2 aromatic rings. The number of nitro groups is 1. The summed E-state index contributed by atoms with van der Waals surface area (Å²) in [5.74, 6) is -0.454. The van der Waals surface area contributed by atoms with E-state index in [1.165, 1.54) is 18.2 Å². The van der Waals surface area contributed by atoms with Gasteiger partial charge < -0.3 is 5.11 Å². The fraction of sp³-hybridized carbons (Fsp3) is 0. The van der Waals surface area contributed by atoms with E-state index in [0.29, 0.717) is 16.7 Å². The Hall–Kier alpha value is -2.95. The van der Waals surface area contributed by atoms with E-state index in [2.05, 4.69) is 0 Å². The molecular weight excluding hydrogens is 258 g/mol. The van der Waals surface area contributed by atoms with Crippen molar-refractivity contribution in [2.45, 2.75) is 0 Å². The molecule has 2 aromatic carbocycles. The molecule has 98 valence electrons. The zero-order valence-electron chi connectivity index (χ0n) is 10.2. The van der Waals surface area contributed by atoms with E-state index < -0.39 is 4.92 Å². The van der Waals surface area contributed by atoms with Crippen LogP contribution in [-0.4, -0.2) is 15.8 Å². The highest BCUT2D eigenvalue weighted by molar-refractivity contribution is 6.38. The Morgan fingerprint density at radius 2 is 1.70 bits per heavy atom. The largest absolute Gasteiger partial charge is 0.507 e. The maximum absolute atomic E-state index is 12.3. The van der Waals surface area contributed by atoms with Crippen LogP contribution in [0.15, 0.2) is 48.5 Å². The van der Waals surface area contributed by atoms with Crippen molar-refractivity contribution < 1.29 is 14.8 Å². The molecule has 20 heavy (non-hydrogen) atoms. The van der Waals surface area contributed by atoms with Gasteiger partial charge in [-0.2, -0.15) is 0 Å². The van der Waals surface area contributed by atoms with E-state index in [1.807, 2.05) is 0 Å². The number of rotatable bonds is 2. The Labute approximate surface area is 113 Å². The van der Waals surface area contributed by atoms with Crippen molar-refractivity contribution in [2.75, 3.05) is 0 Å². The molecule has 0 atom stereocenters. The highest BCUT2D eigenvalue weighted by Crippen LogP contribution is 2.37. The summed E-state index contributed by atoms with van der Waals surface area (Å²) in [5.41, 5.74) is 1.20. The molecule has 0 bridgehead atoms. The molecule has 1 aliphatic carbocycles. The number of aliphatic hydroxyl groups is 1. The minimum Gasteiger partial charge on any atom is -0.507 e. The van der Waals surface area contributed by atoms with Crippen LogP contribution in [0.25, 0.3) is 11.3 Å². The number of hydrogen-bond acceptors (Lipinski definition) is 4. The Bertz CT molecular complexity index is 777. The quantitative estimate of drug-likeness (QED) is 0.669. The molecule has 0 spiro atoms. The molecule has 0 aromatic heterocycles. The number of nitro benzene ring substituents is 1. The number of benzene rings is 2. The van der Waals surface area contributed by atoms with Gasteiger partial charge in [-0.05, 0) is 5.56 Å². The van der Waals surface area contributed by atoms with Crippen LogP contribution < -0.4 is 0 Å². The van der Waals surface area contributed by atoms with Crippen molar-refractivity contribution in [2.24, 2.45) is 0 Å². The number of fused-ring (bicyclic) bond motifs is 1. The molecule has 0 heterocycles. The summed E-state index contributed by atoms with van der Waals surface area (Å²) >= 11 is 0. The molecule has 0 saturated carbocycles. The normalized spacial score (nSPS) is 13.5. The first kappa shape index (κ1) is 12.1. The van der Waals surface area contributed by atoms with Crippen LogP contribution in [0.4, 0.5) is 5.69 Å². The second kappa shape index (κ2) is 4.31. The van der Waals surface area contributed by atoms with E-state index in [4.69, 9.17) is 0 Å². The average Bonchev–Trinajstić information content (AvgIpc) is 2.72. The van der Waals surface area contributed by atoms with Crippen molar-refractivity contribution in [3.05, 3.63) is 75.3 Å². The molecule has 1 N–H and O–H groups in total. The third-order valence-electron chi connectivity index (χ3n) is 3.24. The molecule has 0 aliphatic heterocycles. The zero-order chi connectivity index (χ0) is 14.3. The standard InChI is InChI=1S/C15H9NO4/c17-14-11-6-1-2-7-12(11)15(18)13(14)9-4-3-5-10(8-9)16(19)20/h1-8,17H. The van der Waals surface area contributed by atoms with Crippen LogP contribution in [0.5, 0.6) is 0 Å². The van der Waals surface area contributed by atoms with Gasteiger partial charge in [0.1, 0.15) is 5.76 Å². The molecule has 0 amide bonds. The van der Waals surface area contributed by atoms with Crippen LogP contribution in [0.3, 0.4) is 0 Å². The lowest BCUT2D eigenvalue weighted by Crippen LogP contribution is -1.99. The first-order valence-electron chi connectivity index (χ1n) is 5.92. The second-order valence-electron chi connectivity index (χ2n) is 4.41. The van der Waals surface area contributed by atoms with Gasteiger partial charge >= 0.3 is 0 Å². The fourth-order valence-electron chi connectivity index (χ4n) is 2.31. The predicted octanol–water partition coefficient (Wildman–Crippen LogP) is 3.22. The monoisotopic (exact) mass is 267 g/mol. The highest BCUT2D eigenvalue weighted by Gasteiger charge is 2.30. The van der Waals surface area contributed by atoms with E-state index >= 15 is 0 Å². The molecule has 0 saturated heterocycles. The van der Waals surface area contributed by atoms with Gasteiger partial charge in [-0.25, -0.2) is 0 Å². The second-order valence-corrected chi connectivity index (χ2v) is 4.41. The number of carbonyl (C=O) groups is 1. The summed E-state index contributed by atoms with van der Waals surface area (Å²) < 4.78 is 0. The van der Waals surface area contributed by atoms with Crippen molar-refractivity contribution >= 4 is 22.8 Å². The highest BCUT2D eigenvalue weighted by atomic mass is 16.6. The van der Waals surface area contributed by atoms with Crippen molar-refractivity contribution in [1.29, 1.82) is 0 Å². The van der Waals surface area contributed by atoms with Gasteiger partial charge in [0.05, 0.1) is 10.5 Å². The third kappa shape index (κ3) is 1.68. The van der Waals surface area contributed by atoms with Crippen LogP contribution >= 0.6 is 0 Å². The van der Waals surface area contributed by atoms with Gasteiger partial charge in [0, 0.05) is 23.3 Å². The molecule has 0 radical (unpaired) electrons. The number of allylic oxidation sites excluding steroid dienone is 1. The van der Waals surface area contributed by atoms with Crippen molar-refractivity contribution in [3.63, 3.8) is 0 Å². The average molecular weight is 267 g/mol. The number of ketones is 1. The summed E-state index contributed by atoms with van der Waals surface area (Å²) in [6, 6.07) is 12.4. The number of nitrogens with zero attached hydrogens (tertiary/aromatic N) is 1. The zero-order valence-corrected chi connectivity index (χ0v) is 10.2. The molecule has 0 fully saturated rings. The summed E-state index contributed by atoms with van der Waals surface area (Å²) in [7, 11) is 0. The SMILES string of the molecule is O=C1C(c2cccc([N+](=O)[O-])c2)=C(O)c2ccccc21. The van der Waals surface area contributed by atoms with Gasteiger partial charge in [-0.1, -0.05) is 36.4 Å². The van der Waals surface area contributed by atoms with Crippen molar-refractivity contribution in [3.8, 4) is 0 Å². The lowest BCUT2D eigenvalue weighted by molar-refractivity contribution is -0.384.